The van der Waals surface area contributed by atoms with E-state index in [0.29, 0.717) is 17.8 Å². The molecule has 5 aromatic rings. The number of fused-ring (bicyclic) bond motifs is 1. The number of nitrogen functional groups attached to an aromatic ring is 1. The smallest absolute Gasteiger partial charge is 0.335 e. The Balaban J connectivity index is 1.28. The summed E-state index contributed by atoms with van der Waals surface area (Å²) in [5.41, 5.74) is 12.5. The second-order valence-electron chi connectivity index (χ2n) is 9.16. The molecule has 6 heteroatoms. The number of carboxylic acid groups (broad SMARTS) is 1. The fourth-order valence-electron chi connectivity index (χ4n) is 4.43. The Bertz CT molecular complexity index is 1570. The molecule has 1 amide bonds. The summed E-state index contributed by atoms with van der Waals surface area (Å²) in [4.78, 5) is 23.9. The van der Waals surface area contributed by atoms with E-state index in [1.165, 1.54) is 0 Å². The van der Waals surface area contributed by atoms with Gasteiger partial charge in [-0.3, -0.25) is 4.79 Å². The lowest BCUT2D eigenvalue weighted by atomic mass is 10.0. The molecule has 0 aliphatic carbocycles. The molecule has 0 bridgehead atoms. The van der Waals surface area contributed by atoms with Gasteiger partial charge in [0.05, 0.1) is 11.6 Å². The molecule has 4 N–H and O–H groups in total. The topological polar surface area (TPSA) is 97.3 Å². The Hall–Kier alpha value is -4.84. The van der Waals surface area contributed by atoms with Crippen LogP contribution in [0, 0.1) is 0 Å². The first-order valence-corrected chi connectivity index (χ1v) is 12.1. The number of nitrogens with zero attached hydrogens (tertiary/aromatic N) is 1. The number of rotatable bonds is 7. The van der Waals surface area contributed by atoms with Crippen molar-refractivity contribution < 1.29 is 14.7 Å². The Labute approximate surface area is 215 Å². The van der Waals surface area contributed by atoms with E-state index in [1.807, 2.05) is 85.9 Å². The van der Waals surface area contributed by atoms with Crippen LogP contribution in [0.3, 0.4) is 0 Å². The third-order valence-corrected chi connectivity index (χ3v) is 6.59. The molecule has 6 nitrogen and oxygen atoms in total. The van der Waals surface area contributed by atoms with Crippen LogP contribution in [0.15, 0.2) is 103 Å². The summed E-state index contributed by atoms with van der Waals surface area (Å²) < 4.78 is 2.16. The number of hydrogen-bond donors (Lipinski definition) is 3. The number of aromatic nitrogens is 1. The van der Waals surface area contributed by atoms with Crippen molar-refractivity contribution in [3.05, 3.63) is 126 Å². The molecule has 0 unspecified atom stereocenters. The molecule has 37 heavy (non-hydrogen) atoms. The molecule has 0 aliphatic rings. The summed E-state index contributed by atoms with van der Waals surface area (Å²) in [5, 5.41) is 13.1. The van der Waals surface area contributed by atoms with Gasteiger partial charge in [-0.15, -0.1) is 0 Å². The molecule has 0 aliphatic heterocycles. The molecule has 1 heterocycles. The molecule has 0 saturated carbocycles. The van der Waals surface area contributed by atoms with E-state index in [0.717, 1.165) is 33.2 Å². The minimum atomic E-state index is -0.929. The number of aromatic carboxylic acids is 1. The average molecular weight is 490 g/mol. The Kier molecular flexibility index (Phi) is 6.47. The molecule has 4 aromatic carbocycles. The first-order valence-electron chi connectivity index (χ1n) is 12.1. The van der Waals surface area contributed by atoms with Gasteiger partial charge in [0, 0.05) is 34.9 Å². The third kappa shape index (κ3) is 5.23. The van der Waals surface area contributed by atoms with E-state index in [4.69, 9.17) is 10.8 Å². The molecule has 1 aromatic heterocycles. The van der Waals surface area contributed by atoms with Crippen LogP contribution >= 0.6 is 0 Å². The Morgan fingerprint density at radius 2 is 1.46 bits per heavy atom. The Morgan fingerprint density at radius 3 is 2.11 bits per heavy atom. The first kappa shape index (κ1) is 23.9. The van der Waals surface area contributed by atoms with Crippen molar-refractivity contribution in [3.8, 4) is 11.1 Å². The highest BCUT2D eigenvalue weighted by Crippen LogP contribution is 2.23. The van der Waals surface area contributed by atoms with Gasteiger partial charge in [0.25, 0.3) is 5.91 Å². The number of benzene rings is 4. The molecule has 0 radical (unpaired) electrons. The highest BCUT2D eigenvalue weighted by Gasteiger charge is 2.13. The van der Waals surface area contributed by atoms with Gasteiger partial charge < -0.3 is 20.7 Å². The largest absolute Gasteiger partial charge is 0.478 e. The lowest BCUT2D eigenvalue weighted by Gasteiger charge is -2.15. The van der Waals surface area contributed by atoms with Crippen molar-refractivity contribution in [2.75, 3.05) is 5.73 Å². The van der Waals surface area contributed by atoms with Crippen LogP contribution in [-0.2, 0) is 6.54 Å². The number of carboxylic acids is 1. The van der Waals surface area contributed by atoms with Crippen LogP contribution < -0.4 is 11.1 Å². The Morgan fingerprint density at radius 1 is 0.838 bits per heavy atom. The zero-order valence-electron chi connectivity index (χ0n) is 20.4. The predicted molar refractivity (Wildman–Crippen MR) is 147 cm³/mol. The molecular weight excluding hydrogens is 462 g/mol. The first-order chi connectivity index (χ1) is 17.9. The van der Waals surface area contributed by atoms with E-state index in [1.54, 1.807) is 12.1 Å². The van der Waals surface area contributed by atoms with Gasteiger partial charge in [-0.25, -0.2) is 4.79 Å². The van der Waals surface area contributed by atoms with E-state index in [2.05, 4.69) is 22.0 Å². The molecule has 0 saturated heterocycles. The maximum Gasteiger partial charge on any atom is 0.335 e. The number of nitrogens with one attached hydrogen (secondary N) is 1. The van der Waals surface area contributed by atoms with Crippen molar-refractivity contribution in [1.82, 2.24) is 9.88 Å². The molecule has 1 atom stereocenters. The van der Waals surface area contributed by atoms with Crippen LogP contribution in [0.25, 0.3) is 22.0 Å². The van der Waals surface area contributed by atoms with Gasteiger partial charge in [-0.2, -0.15) is 0 Å². The number of nitrogens with two attached hydrogens (primary N) is 1. The maximum absolute atomic E-state index is 12.9. The summed E-state index contributed by atoms with van der Waals surface area (Å²) >= 11 is 0. The van der Waals surface area contributed by atoms with Crippen molar-refractivity contribution in [3.63, 3.8) is 0 Å². The number of anilines is 1. The van der Waals surface area contributed by atoms with Gasteiger partial charge in [0.15, 0.2) is 0 Å². The standard InChI is InChI=1S/C31H27N3O3/c1-20(22-10-13-28(32)14-11-22)33-30(35)27-12-15-29-26(18-27)16-17-34(29)19-21-2-4-23(5-3-21)24-6-8-25(9-7-24)31(36)37/h2-18,20H,19,32H2,1H3,(H,33,35)(H,36,37)/t20-/m0/s1. The van der Waals surface area contributed by atoms with Crippen molar-refractivity contribution in [2.45, 2.75) is 19.5 Å². The molecule has 0 fully saturated rings. The van der Waals surface area contributed by atoms with E-state index in [-0.39, 0.29) is 17.5 Å². The van der Waals surface area contributed by atoms with E-state index in [9.17, 15) is 9.59 Å². The van der Waals surface area contributed by atoms with Crippen LogP contribution in [0.4, 0.5) is 5.69 Å². The SMILES string of the molecule is C[C@H](NC(=O)c1ccc2c(ccn2Cc2ccc(-c3ccc(C(=O)O)cc3)cc2)c1)c1ccc(N)cc1. The molecular formula is C31H27N3O3. The molecule has 0 spiro atoms. The lowest BCUT2D eigenvalue weighted by Crippen LogP contribution is -2.26. The summed E-state index contributed by atoms with van der Waals surface area (Å²) in [7, 11) is 0. The van der Waals surface area contributed by atoms with Crippen LogP contribution in [0.1, 0.15) is 44.8 Å². The van der Waals surface area contributed by atoms with Crippen LogP contribution in [0.2, 0.25) is 0 Å². The quantitative estimate of drug-likeness (QED) is 0.240. The fraction of sp³-hybridized carbons (Fsp3) is 0.0968. The van der Waals surface area contributed by atoms with Gasteiger partial charge in [-0.05, 0) is 77.7 Å². The summed E-state index contributed by atoms with van der Waals surface area (Å²) in [5.74, 6) is -1.05. The van der Waals surface area contributed by atoms with Gasteiger partial charge >= 0.3 is 5.97 Å². The monoisotopic (exact) mass is 489 g/mol. The normalized spacial score (nSPS) is 11.8. The summed E-state index contributed by atoms with van der Waals surface area (Å²) in [6.07, 6.45) is 2.03. The second kappa shape index (κ2) is 10.0. The van der Waals surface area contributed by atoms with Crippen LogP contribution in [-0.4, -0.2) is 21.6 Å². The van der Waals surface area contributed by atoms with Gasteiger partial charge in [0.2, 0.25) is 0 Å². The highest BCUT2D eigenvalue weighted by molar-refractivity contribution is 5.98. The van der Waals surface area contributed by atoms with E-state index >= 15 is 0 Å². The summed E-state index contributed by atoms with van der Waals surface area (Å²) in [6, 6.07) is 30.3. The van der Waals surface area contributed by atoms with Gasteiger partial charge in [0.1, 0.15) is 0 Å². The molecule has 5 rings (SSSR count). The minimum Gasteiger partial charge on any atom is -0.478 e. The van der Waals surface area contributed by atoms with Gasteiger partial charge in [-0.1, -0.05) is 48.5 Å². The molecule has 184 valence electrons. The zero-order valence-corrected chi connectivity index (χ0v) is 20.4. The zero-order chi connectivity index (χ0) is 25.9. The number of carbonyl (C=O) groups excluding carboxylic acids is 1. The lowest BCUT2D eigenvalue weighted by molar-refractivity contribution is 0.0696. The highest BCUT2D eigenvalue weighted by atomic mass is 16.4. The van der Waals surface area contributed by atoms with Crippen molar-refractivity contribution in [2.24, 2.45) is 0 Å². The van der Waals surface area contributed by atoms with Crippen molar-refractivity contribution in [1.29, 1.82) is 0 Å². The second-order valence-corrected chi connectivity index (χ2v) is 9.16. The number of hydrogen-bond acceptors (Lipinski definition) is 3. The van der Waals surface area contributed by atoms with E-state index < -0.39 is 5.97 Å². The fourth-order valence-corrected chi connectivity index (χ4v) is 4.43. The van der Waals surface area contributed by atoms with Crippen LogP contribution in [0.5, 0.6) is 0 Å². The van der Waals surface area contributed by atoms with Crippen molar-refractivity contribution >= 4 is 28.5 Å². The summed E-state index contributed by atoms with van der Waals surface area (Å²) in [6.45, 7) is 2.65. The minimum absolute atomic E-state index is 0.119. The predicted octanol–water partition coefficient (Wildman–Crippen LogP) is 6.13. The number of amides is 1. The third-order valence-electron chi connectivity index (χ3n) is 6.59. The number of carbonyl (C=O) groups is 2. The average Bonchev–Trinajstić information content (AvgIpc) is 3.31. The maximum atomic E-state index is 12.9.